The molecule has 2 heterocycles. The van der Waals surface area contributed by atoms with Gasteiger partial charge in [0.25, 0.3) is 11.8 Å². The molecule has 2 amide bonds. The van der Waals surface area contributed by atoms with Gasteiger partial charge < -0.3 is 19.7 Å². The summed E-state index contributed by atoms with van der Waals surface area (Å²) in [4.78, 5) is 26.8. The van der Waals surface area contributed by atoms with Crippen molar-refractivity contribution in [2.24, 2.45) is 5.92 Å². The molecule has 0 aromatic heterocycles. The lowest BCUT2D eigenvalue weighted by atomic mass is 9.76. The Balaban J connectivity index is 1.33. The SMILES string of the molecule is COc1cccc(C(c2ccccc2)C2CCN(C(=O)c3ccc4c(c3)NC(=O)CO4)CC2)c1. The number of hydrogen-bond acceptors (Lipinski definition) is 4. The second-order valence-corrected chi connectivity index (χ2v) is 8.84. The van der Waals surface area contributed by atoms with Gasteiger partial charge in [-0.15, -0.1) is 0 Å². The Bertz CT molecular complexity index is 1190. The van der Waals surface area contributed by atoms with Crippen LogP contribution in [0.5, 0.6) is 11.5 Å². The fourth-order valence-corrected chi connectivity index (χ4v) is 5.07. The minimum absolute atomic E-state index is 0.00365. The number of nitrogens with zero attached hydrogens (tertiary/aromatic N) is 1. The Kier molecular flexibility index (Phi) is 6.21. The number of benzene rings is 3. The van der Waals surface area contributed by atoms with Crippen LogP contribution in [-0.4, -0.2) is 43.5 Å². The molecule has 34 heavy (non-hydrogen) atoms. The van der Waals surface area contributed by atoms with Crippen molar-refractivity contribution in [3.05, 3.63) is 89.5 Å². The van der Waals surface area contributed by atoms with Crippen LogP contribution >= 0.6 is 0 Å². The number of rotatable bonds is 5. The fourth-order valence-electron chi connectivity index (χ4n) is 5.07. The van der Waals surface area contributed by atoms with Crippen molar-refractivity contribution in [3.63, 3.8) is 0 Å². The molecule has 0 bridgehead atoms. The molecule has 1 fully saturated rings. The molecule has 6 nitrogen and oxygen atoms in total. The van der Waals surface area contributed by atoms with Gasteiger partial charge in [-0.25, -0.2) is 0 Å². The third kappa shape index (κ3) is 4.49. The van der Waals surface area contributed by atoms with Crippen molar-refractivity contribution >= 4 is 17.5 Å². The van der Waals surface area contributed by atoms with Gasteiger partial charge in [0.05, 0.1) is 12.8 Å². The predicted octanol–water partition coefficient (Wildman–Crippen LogP) is 4.71. The summed E-state index contributed by atoms with van der Waals surface area (Å²) >= 11 is 0. The van der Waals surface area contributed by atoms with Gasteiger partial charge in [-0.05, 0) is 60.2 Å². The van der Waals surface area contributed by atoms with Crippen LogP contribution < -0.4 is 14.8 Å². The molecule has 0 radical (unpaired) electrons. The average Bonchev–Trinajstić information content (AvgIpc) is 2.89. The second kappa shape index (κ2) is 9.59. The van der Waals surface area contributed by atoms with E-state index in [1.165, 1.54) is 11.1 Å². The monoisotopic (exact) mass is 456 g/mol. The number of methoxy groups -OCH3 is 1. The maximum Gasteiger partial charge on any atom is 0.262 e. The summed E-state index contributed by atoms with van der Waals surface area (Å²) in [5.74, 6) is 1.88. The van der Waals surface area contributed by atoms with Gasteiger partial charge in [-0.1, -0.05) is 42.5 Å². The van der Waals surface area contributed by atoms with E-state index in [1.54, 1.807) is 25.3 Å². The van der Waals surface area contributed by atoms with Crippen LogP contribution in [0.3, 0.4) is 0 Å². The number of carbonyl (C=O) groups excluding carboxylic acids is 2. The van der Waals surface area contributed by atoms with Gasteiger partial charge in [0.15, 0.2) is 6.61 Å². The predicted molar refractivity (Wildman–Crippen MR) is 130 cm³/mol. The summed E-state index contributed by atoms with van der Waals surface area (Å²) in [7, 11) is 1.69. The zero-order chi connectivity index (χ0) is 23.5. The van der Waals surface area contributed by atoms with Crippen molar-refractivity contribution in [2.75, 3.05) is 32.1 Å². The van der Waals surface area contributed by atoms with Crippen LogP contribution in [0.25, 0.3) is 0 Å². The van der Waals surface area contributed by atoms with Crippen molar-refractivity contribution < 1.29 is 19.1 Å². The Morgan fingerprint density at radius 1 is 1.00 bits per heavy atom. The molecule has 1 atom stereocenters. The van der Waals surface area contributed by atoms with E-state index >= 15 is 0 Å². The lowest BCUT2D eigenvalue weighted by Crippen LogP contribution is -2.40. The highest BCUT2D eigenvalue weighted by Gasteiger charge is 2.31. The van der Waals surface area contributed by atoms with Crippen molar-refractivity contribution in [3.8, 4) is 11.5 Å². The number of anilines is 1. The number of amides is 2. The summed E-state index contributed by atoms with van der Waals surface area (Å²) < 4.78 is 10.9. The first-order valence-electron chi connectivity index (χ1n) is 11.7. The van der Waals surface area contributed by atoms with E-state index in [0.29, 0.717) is 36.0 Å². The van der Waals surface area contributed by atoms with Crippen LogP contribution in [0, 0.1) is 5.92 Å². The lowest BCUT2D eigenvalue weighted by Gasteiger charge is -2.37. The highest BCUT2D eigenvalue weighted by atomic mass is 16.5. The maximum atomic E-state index is 13.2. The number of nitrogens with one attached hydrogen (secondary N) is 1. The maximum absolute atomic E-state index is 13.2. The molecule has 0 aliphatic carbocycles. The molecule has 2 aliphatic rings. The topological polar surface area (TPSA) is 67.9 Å². The number of hydrogen-bond donors (Lipinski definition) is 1. The molecule has 6 heteroatoms. The second-order valence-electron chi connectivity index (χ2n) is 8.84. The Morgan fingerprint density at radius 2 is 1.76 bits per heavy atom. The van der Waals surface area contributed by atoms with Crippen molar-refractivity contribution in [2.45, 2.75) is 18.8 Å². The minimum atomic E-state index is -0.206. The molecule has 2 aliphatic heterocycles. The molecule has 5 rings (SSSR count). The van der Waals surface area contributed by atoms with Crippen molar-refractivity contribution in [1.82, 2.24) is 4.90 Å². The van der Waals surface area contributed by atoms with E-state index in [0.717, 1.165) is 18.6 Å². The lowest BCUT2D eigenvalue weighted by molar-refractivity contribution is -0.118. The van der Waals surface area contributed by atoms with Crippen molar-refractivity contribution in [1.29, 1.82) is 0 Å². The molecule has 0 saturated carbocycles. The summed E-state index contributed by atoms with van der Waals surface area (Å²) in [6, 6.07) is 24.1. The quantitative estimate of drug-likeness (QED) is 0.604. The van der Waals surface area contributed by atoms with Gasteiger partial charge in [-0.2, -0.15) is 0 Å². The standard InChI is InChI=1S/C28H28N2O4/c1-33-23-9-5-8-21(16-23)27(19-6-3-2-4-7-19)20-12-14-30(15-13-20)28(32)22-10-11-25-24(17-22)29-26(31)18-34-25/h2-11,16-17,20,27H,12-15,18H2,1H3,(H,29,31). The third-order valence-electron chi connectivity index (χ3n) is 6.77. The summed E-state index contributed by atoms with van der Waals surface area (Å²) in [6.45, 7) is 1.39. The first-order valence-corrected chi connectivity index (χ1v) is 11.7. The van der Waals surface area contributed by atoms with Crippen LogP contribution in [-0.2, 0) is 4.79 Å². The van der Waals surface area contributed by atoms with Gasteiger partial charge >= 0.3 is 0 Å². The van der Waals surface area contributed by atoms with E-state index in [9.17, 15) is 9.59 Å². The summed E-state index contributed by atoms with van der Waals surface area (Å²) in [5.41, 5.74) is 3.64. The third-order valence-corrected chi connectivity index (χ3v) is 6.77. The van der Waals surface area contributed by atoms with E-state index in [-0.39, 0.29) is 24.3 Å². The van der Waals surface area contributed by atoms with Crippen LogP contribution in [0.1, 0.15) is 40.2 Å². The number of likely N-dealkylation sites (tertiary alicyclic amines) is 1. The Labute approximate surface area is 199 Å². The molecule has 1 unspecified atom stereocenters. The molecule has 1 N–H and O–H groups in total. The zero-order valence-electron chi connectivity index (χ0n) is 19.2. The Morgan fingerprint density at radius 3 is 2.53 bits per heavy atom. The molecular formula is C28H28N2O4. The fraction of sp³-hybridized carbons (Fsp3) is 0.286. The summed E-state index contributed by atoms with van der Waals surface area (Å²) in [5, 5.41) is 2.78. The first kappa shape index (κ1) is 22.0. The number of carbonyl (C=O) groups is 2. The molecule has 3 aromatic rings. The molecule has 1 saturated heterocycles. The smallest absolute Gasteiger partial charge is 0.262 e. The van der Waals surface area contributed by atoms with E-state index in [1.807, 2.05) is 23.1 Å². The Hall–Kier alpha value is -3.80. The first-order chi connectivity index (χ1) is 16.6. The molecule has 174 valence electrons. The van der Waals surface area contributed by atoms with E-state index in [4.69, 9.17) is 9.47 Å². The summed E-state index contributed by atoms with van der Waals surface area (Å²) in [6.07, 6.45) is 1.82. The van der Waals surface area contributed by atoms with Crippen LogP contribution in [0.4, 0.5) is 5.69 Å². The molecular weight excluding hydrogens is 428 g/mol. The van der Waals surface area contributed by atoms with Gasteiger partial charge in [0, 0.05) is 24.6 Å². The van der Waals surface area contributed by atoms with E-state index < -0.39 is 0 Å². The highest BCUT2D eigenvalue weighted by molar-refractivity contribution is 5.99. The average molecular weight is 457 g/mol. The highest BCUT2D eigenvalue weighted by Crippen LogP contribution is 2.39. The molecule has 3 aromatic carbocycles. The molecule has 0 spiro atoms. The zero-order valence-corrected chi connectivity index (χ0v) is 19.2. The van der Waals surface area contributed by atoms with E-state index in [2.05, 4.69) is 41.7 Å². The van der Waals surface area contributed by atoms with Crippen LogP contribution in [0.2, 0.25) is 0 Å². The largest absolute Gasteiger partial charge is 0.497 e. The number of piperidine rings is 1. The number of ether oxygens (including phenoxy) is 2. The van der Waals surface area contributed by atoms with Gasteiger partial charge in [0.1, 0.15) is 11.5 Å². The van der Waals surface area contributed by atoms with Gasteiger partial charge in [0.2, 0.25) is 0 Å². The number of fused-ring (bicyclic) bond motifs is 1. The van der Waals surface area contributed by atoms with Crippen LogP contribution in [0.15, 0.2) is 72.8 Å². The van der Waals surface area contributed by atoms with Gasteiger partial charge in [-0.3, -0.25) is 9.59 Å². The normalized spacial score (nSPS) is 16.7. The minimum Gasteiger partial charge on any atom is -0.497 e.